The topological polar surface area (TPSA) is 35.5 Å². The van der Waals surface area contributed by atoms with Gasteiger partial charge in [-0.05, 0) is 43.2 Å². The molecule has 0 heterocycles. The average Bonchev–Trinajstić information content (AvgIpc) is 2.54. The van der Waals surface area contributed by atoms with Crippen molar-refractivity contribution >= 4 is 6.29 Å². The number of rotatable bonds is 8. The Balaban J connectivity index is 2.33. The normalized spacial score (nSPS) is 10.2. The van der Waals surface area contributed by atoms with Crippen molar-refractivity contribution in [2.24, 2.45) is 0 Å². The zero-order valence-corrected chi connectivity index (χ0v) is 13.0. The first kappa shape index (κ1) is 16.7. The molecule has 0 saturated carbocycles. The first-order valence-electron chi connectivity index (χ1n) is 7.41. The fourth-order valence-electron chi connectivity index (χ4n) is 2.27. The van der Waals surface area contributed by atoms with E-state index >= 15 is 0 Å². The lowest BCUT2D eigenvalue weighted by Gasteiger charge is -2.16. The van der Waals surface area contributed by atoms with Crippen LogP contribution in [0.4, 0.5) is 4.39 Å². The SMILES string of the molecule is C=CCc1cc(C=O)cc(OCC)c1OCc1cccc(F)c1. The van der Waals surface area contributed by atoms with Crippen molar-refractivity contribution in [3.8, 4) is 11.5 Å². The van der Waals surface area contributed by atoms with Gasteiger partial charge < -0.3 is 9.47 Å². The maximum atomic E-state index is 13.3. The second-order valence-electron chi connectivity index (χ2n) is 4.97. The number of carbonyl (C=O) groups excluding carboxylic acids is 1. The zero-order valence-electron chi connectivity index (χ0n) is 13.0. The van der Waals surface area contributed by atoms with Gasteiger partial charge in [-0.1, -0.05) is 18.2 Å². The predicted octanol–water partition coefficient (Wildman–Crippen LogP) is 4.34. The molecule has 0 amide bonds. The molecule has 0 bridgehead atoms. The Morgan fingerprint density at radius 3 is 2.70 bits per heavy atom. The average molecular weight is 314 g/mol. The van der Waals surface area contributed by atoms with Gasteiger partial charge in [0.15, 0.2) is 11.5 Å². The summed E-state index contributed by atoms with van der Waals surface area (Å²) in [7, 11) is 0. The maximum Gasteiger partial charge on any atom is 0.165 e. The van der Waals surface area contributed by atoms with Gasteiger partial charge in [-0.25, -0.2) is 4.39 Å². The van der Waals surface area contributed by atoms with E-state index in [0.29, 0.717) is 30.1 Å². The minimum Gasteiger partial charge on any atom is -0.490 e. The van der Waals surface area contributed by atoms with Gasteiger partial charge >= 0.3 is 0 Å². The van der Waals surface area contributed by atoms with Crippen LogP contribution in [-0.2, 0) is 13.0 Å². The Hall–Kier alpha value is -2.62. The van der Waals surface area contributed by atoms with Crippen LogP contribution in [0, 0.1) is 5.82 Å². The third kappa shape index (κ3) is 4.42. The number of halogens is 1. The van der Waals surface area contributed by atoms with Crippen molar-refractivity contribution in [3.05, 3.63) is 71.6 Å². The summed E-state index contributed by atoms with van der Waals surface area (Å²) in [5, 5.41) is 0. The van der Waals surface area contributed by atoms with Gasteiger partial charge in [-0.3, -0.25) is 4.79 Å². The number of hydrogen-bond donors (Lipinski definition) is 0. The molecule has 2 aromatic rings. The second-order valence-corrected chi connectivity index (χ2v) is 4.97. The molecule has 0 fully saturated rings. The Morgan fingerprint density at radius 1 is 1.22 bits per heavy atom. The van der Waals surface area contributed by atoms with Crippen molar-refractivity contribution in [1.29, 1.82) is 0 Å². The minimum absolute atomic E-state index is 0.211. The van der Waals surface area contributed by atoms with Gasteiger partial charge in [0, 0.05) is 11.1 Å². The summed E-state index contributed by atoms with van der Waals surface area (Å²) in [6.07, 6.45) is 3.04. The maximum absolute atomic E-state index is 13.3. The molecule has 0 radical (unpaired) electrons. The molecule has 0 aromatic heterocycles. The first-order valence-corrected chi connectivity index (χ1v) is 7.41. The number of benzene rings is 2. The molecular weight excluding hydrogens is 295 g/mol. The Kier molecular flexibility index (Phi) is 5.92. The summed E-state index contributed by atoms with van der Waals surface area (Å²) in [6, 6.07) is 9.63. The highest BCUT2D eigenvalue weighted by atomic mass is 19.1. The van der Waals surface area contributed by atoms with Crippen molar-refractivity contribution in [3.63, 3.8) is 0 Å². The molecule has 0 aliphatic heterocycles. The van der Waals surface area contributed by atoms with Gasteiger partial charge in [0.25, 0.3) is 0 Å². The Labute approximate surface area is 135 Å². The van der Waals surface area contributed by atoms with Crippen LogP contribution in [0.3, 0.4) is 0 Å². The Morgan fingerprint density at radius 2 is 2.04 bits per heavy atom. The molecule has 2 rings (SSSR count). The number of hydrogen-bond acceptors (Lipinski definition) is 3. The predicted molar refractivity (Wildman–Crippen MR) is 87.6 cm³/mol. The summed E-state index contributed by atoms with van der Waals surface area (Å²) in [5.41, 5.74) is 2.05. The standard InChI is InChI=1S/C19H19FO3/c1-3-6-16-9-15(12-21)11-18(22-4-2)19(16)23-13-14-7-5-8-17(20)10-14/h3,5,7-12H,1,4,6,13H2,2H3. The molecule has 3 nitrogen and oxygen atoms in total. The Bertz CT molecular complexity index is 695. The molecule has 2 aromatic carbocycles. The van der Waals surface area contributed by atoms with Crippen molar-refractivity contribution in [2.45, 2.75) is 20.0 Å². The molecule has 0 unspecified atom stereocenters. The van der Waals surface area contributed by atoms with Crippen LogP contribution in [0.1, 0.15) is 28.4 Å². The third-order valence-corrected chi connectivity index (χ3v) is 3.23. The molecule has 23 heavy (non-hydrogen) atoms. The van der Waals surface area contributed by atoms with Crippen molar-refractivity contribution in [2.75, 3.05) is 6.61 Å². The smallest absolute Gasteiger partial charge is 0.165 e. The first-order chi connectivity index (χ1) is 11.2. The fourth-order valence-corrected chi connectivity index (χ4v) is 2.27. The zero-order chi connectivity index (χ0) is 16.7. The number of aldehydes is 1. The van der Waals surface area contributed by atoms with Gasteiger partial charge in [-0.15, -0.1) is 6.58 Å². The monoisotopic (exact) mass is 314 g/mol. The minimum atomic E-state index is -0.307. The summed E-state index contributed by atoms with van der Waals surface area (Å²) in [5.74, 6) is 0.755. The van der Waals surface area contributed by atoms with E-state index in [2.05, 4.69) is 6.58 Å². The largest absolute Gasteiger partial charge is 0.490 e. The van der Waals surface area contributed by atoms with E-state index in [9.17, 15) is 9.18 Å². The van der Waals surface area contributed by atoms with Crippen LogP contribution in [-0.4, -0.2) is 12.9 Å². The molecule has 0 N–H and O–H groups in total. The second kappa shape index (κ2) is 8.13. The van der Waals surface area contributed by atoms with Gasteiger partial charge in [0.1, 0.15) is 18.7 Å². The van der Waals surface area contributed by atoms with Crippen LogP contribution in [0.15, 0.2) is 49.1 Å². The molecule has 0 aliphatic rings. The summed E-state index contributed by atoms with van der Waals surface area (Å²) in [4.78, 5) is 11.1. The molecule has 0 atom stereocenters. The molecule has 0 saturated heterocycles. The van der Waals surface area contributed by atoms with E-state index in [1.807, 2.05) is 6.92 Å². The summed E-state index contributed by atoms with van der Waals surface area (Å²) >= 11 is 0. The lowest BCUT2D eigenvalue weighted by molar-refractivity contribution is 0.112. The lowest BCUT2D eigenvalue weighted by Crippen LogP contribution is -2.04. The van der Waals surface area contributed by atoms with Crippen LogP contribution in [0.2, 0.25) is 0 Å². The van der Waals surface area contributed by atoms with Gasteiger partial charge in [0.2, 0.25) is 0 Å². The van der Waals surface area contributed by atoms with Crippen molar-refractivity contribution in [1.82, 2.24) is 0 Å². The van der Waals surface area contributed by atoms with Crippen LogP contribution in [0.25, 0.3) is 0 Å². The van der Waals surface area contributed by atoms with Crippen LogP contribution >= 0.6 is 0 Å². The van der Waals surface area contributed by atoms with E-state index in [0.717, 1.165) is 17.4 Å². The molecule has 4 heteroatoms. The number of carbonyl (C=O) groups is 1. The fraction of sp³-hybridized carbons (Fsp3) is 0.211. The number of ether oxygens (including phenoxy) is 2. The van der Waals surface area contributed by atoms with E-state index in [-0.39, 0.29) is 12.4 Å². The van der Waals surface area contributed by atoms with E-state index in [1.54, 1.807) is 30.3 Å². The highest BCUT2D eigenvalue weighted by Crippen LogP contribution is 2.34. The van der Waals surface area contributed by atoms with Crippen LogP contribution in [0.5, 0.6) is 11.5 Å². The highest BCUT2D eigenvalue weighted by molar-refractivity contribution is 5.77. The summed E-state index contributed by atoms with van der Waals surface area (Å²) < 4.78 is 24.7. The van der Waals surface area contributed by atoms with Gasteiger partial charge in [0.05, 0.1) is 6.61 Å². The van der Waals surface area contributed by atoms with Crippen LogP contribution < -0.4 is 9.47 Å². The summed E-state index contributed by atoms with van der Waals surface area (Å²) in [6.45, 7) is 6.24. The molecule has 120 valence electrons. The number of allylic oxidation sites excluding steroid dienone is 1. The van der Waals surface area contributed by atoms with E-state index < -0.39 is 0 Å². The quantitative estimate of drug-likeness (QED) is 0.537. The van der Waals surface area contributed by atoms with E-state index in [1.165, 1.54) is 12.1 Å². The lowest BCUT2D eigenvalue weighted by atomic mass is 10.1. The molecule has 0 spiro atoms. The van der Waals surface area contributed by atoms with Crippen molar-refractivity contribution < 1.29 is 18.7 Å². The molecular formula is C19H19FO3. The molecule has 0 aliphatic carbocycles. The van der Waals surface area contributed by atoms with E-state index in [4.69, 9.17) is 9.47 Å². The highest BCUT2D eigenvalue weighted by Gasteiger charge is 2.13. The third-order valence-electron chi connectivity index (χ3n) is 3.23. The van der Waals surface area contributed by atoms with Gasteiger partial charge in [-0.2, -0.15) is 0 Å².